The van der Waals surface area contributed by atoms with Gasteiger partial charge < -0.3 is 15.2 Å². The van der Waals surface area contributed by atoms with Gasteiger partial charge in [0.1, 0.15) is 11.6 Å². The molecule has 0 aliphatic carbocycles. The summed E-state index contributed by atoms with van der Waals surface area (Å²) < 4.78 is 10.4. The van der Waals surface area contributed by atoms with Crippen molar-refractivity contribution in [2.45, 2.75) is 44.9 Å². The van der Waals surface area contributed by atoms with Crippen LogP contribution in [0.5, 0.6) is 0 Å². The Balaban J connectivity index is 2.73. The minimum atomic E-state index is -0.644. The second kappa shape index (κ2) is 4.91. The number of rotatable bonds is 2. The van der Waals surface area contributed by atoms with Crippen molar-refractivity contribution in [3.8, 4) is 0 Å². The van der Waals surface area contributed by atoms with E-state index in [1.165, 1.54) is 4.90 Å². The van der Waals surface area contributed by atoms with Gasteiger partial charge in [-0.25, -0.2) is 4.79 Å². The molecule has 2 N–H and O–H groups in total. The topological polar surface area (TPSA) is 81.9 Å². The lowest BCUT2D eigenvalue weighted by molar-refractivity contribution is -0.122. The molecule has 0 bridgehead atoms. The molecule has 0 spiro atoms. The Hall–Kier alpha value is -1.30. The molecule has 1 aliphatic rings. The first-order chi connectivity index (χ1) is 7.74. The van der Waals surface area contributed by atoms with Gasteiger partial charge in [0.05, 0.1) is 12.6 Å². The van der Waals surface area contributed by atoms with Crippen molar-refractivity contribution in [3.05, 3.63) is 0 Å². The van der Waals surface area contributed by atoms with Crippen LogP contribution in [0.2, 0.25) is 0 Å². The Morgan fingerprint density at radius 2 is 1.94 bits per heavy atom. The summed E-state index contributed by atoms with van der Waals surface area (Å²) in [6.45, 7) is 5.65. The highest BCUT2D eigenvalue weighted by molar-refractivity contribution is 5.85. The maximum atomic E-state index is 11.9. The Labute approximate surface area is 101 Å². The van der Waals surface area contributed by atoms with E-state index in [-0.39, 0.29) is 6.10 Å². The highest BCUT2D eigenvalue weighted by Gasteiger charge is 2.40. The maximum absolute atomic E-state index is 11.9. The fourth-order valence-corrected chi connectivity index (χ4v) is 1.76. The van der Waals surface area contributed by atoms with Gasteiger partial charge >= 0.3 is 6.09 Å². The van der Waals surface area contributed by atoms with Crippen LogP contribution < -0.4 is 5.73 Å². The molecule has 1 aliphatic heterocycles. The van der Waals surface area contributed by atoms with E-state index in [0.29, 0.717) is 13.0 Å². The van der Waals surface area contributed by atoms with E-state index in [2.05, 4.69) is 0 Å². The molecule has 6 nitrogen and oxygen atoms in total. The molecule has 0 aromatic heterocycles. The molecule has 98 valence electrons. The van der Waals surface area contributed by atoms with Gasteiger partial charge in [0.2, 0.25) is 5.91 Å². The van der Waals surface area contributed by atoms with Crippen molar-refractivity contribution in [1.82, 2.24) is 4.90 Å². The lowest BCUT2D eigenvalue weighted by Gasteiger charge is -2.27. The van der Waals surface area contributed by atoms with Gasteiger partial charge in [0.25, 0.3) is 0 Å². The lowest BCUT2D eigenvalue weighted by Crippen LogP contribution is -2.45. The Morgan fingerprint density at radius 3 is 2.35 bits per heavy atom. The minimum absolute atomic E-state index is 0.167. The third-order valence-corrected chi connectivity index (χ3v) is 2.55. The van der Waals surface area contributed by atoms with Gasteiger partial charge in [-0.15, -0.1) is 0 Å². The van der Waals surface area contributed by atoms with E-state index < -0.39 is 23.6 Å². The molecule has 0 aromatic carbocycles. The van der Waals surface area contributed by atoms with Crippen LogP contribution >= 0.6 is 0 Å². The Morgan fingerprint density at radius 1 is 1.35 bits per heavy atom. The van der Waals surface area contributed by atoms with Crippen LogP contribution in [-0.2, 0) is 14.3 Å². The summed E-state index contributed by atoms with van der Waals surface area (Å²) >= 11 is 0. The van der Waals surface area contributed by atoms with E-state index in [4.69, 9.17) is 15.2 Å². The molecular weight excluding hydrogens is 224 g/mol. The molecule has 1 fully saturated rings. The summed E-state index contributed by atoms with van der Waals surface area (Å²) in [6.07, 6.45) is -0.272. The van der Waals surface area contributed by atoms with Crippen molar-refractivity contribution in [2.24, 2.45) is 5.73 Å². The zero-order valence-corrected chi connectivity index (χ0v) is 10.7. The molecule has 1 rings (SSSR count). The summed E-state index contributed by atoms with van der Waals surface area (Å²) in [4.78, 5) is 24.5. The molecule has 6 heteroatoms. The Bertz CT molecular complexity index is 311. The van der Waals surface area contributed by atoms with E-state index in [1.807, 2.05) is 0 Å². The molecule has 0 radical (unpaired) electrons. The lowest BCUT2D eigenvalue weighted by atomic mass is 10.2. The van der Waals surface area contributed by atoms with Crippen LogP contribution in [-0.4, -0.2) is 48.3 Å². The van der Waals surface area contributed by atoms with Gasteiger partial charge in [-0.3, -0.25) is 9.69 Å². The standard InChI is InChI=1S/C11H20N2O4/c1-11(2,3)17-10(15)13-6-7(16-4)5-8(13)9(12)14/h7-8H,5-6H2,1-4H3,(H2,12,14)/t7?,8-/m0/s1. The van der Waals surface area contributed by atoms with Crippen LogP contribution in [0, 0.1) is 0 Å². The van der Waals surface area contributed by atoms with E-state index >= 15 is 0 Å². The van der Waals surface area contributed by atoms with Crippen LogP contribution in [0.1, 0.15) is 27.2 Å². The predicted octanol–water partition coefficient (Wildman–Crippen LogP) is 0.496. The van der Waals surface area contributed by atoms with Gasteiger partial charge in [-0.1, -0.05) is 0 Å². The summed E-state index contributed by atoms with van der Waals surface area (Å²) in [6, 6.07) is -0.644. The van der Waals surface area contributed by atoms with Gasteiger partial charge in [0.15, 0.2) is 0 Å². The van der Waals surface area contributed by atoms with Crippen LogP contribution in [0.25, 0.3) is 0 Å². The first-order valence-corrected chi connectivity index (χ1v) is 5.56. The maximum Gasteiger partial charge on any atom is 0.411 e. The SMILES string of the molecule is COC1C[C@@H](C(N)=O)N(C(=O)OC(C)(C)C)C1. The number of nitrogens with zero attached hydrogens (tertiary/aromatic N) is 1. The smallest absolute Gasteiger partial charge is 0.411 e. The summed E-state index contributed by atoms with van der Waals surface area (Å²) in [5, 5.41) is 0. The predicted molar refractivity (Wildman–Crippen MR) is 61.3 cm³/mol. The zero-order valence-electron chi connectivity index (χ0n) is 10.7. The molecule has 2 amide bonds. The van der Waals surface area contributed by atoms with Crippen molar-refractivity contribution in [1.29, 1.82) is 0 Å². The zero-order chi connectivity index (χ0) is 13.2. The van der Waals surface area contributed by atoms with Gasteiger partial charge in [-0.05, 0) is 20.8 Å². The van der Waals surface area contributed by atoms with Crippen molar-refractivity contribution in [2.75, 3.05) is 13.7 Å². The summed E-state index contributed by atoms with van der Waals surface area (Å²) in [5.74, 6) is -0.532. The molecule has 0 saturated carbocycles. The Kier molecular flexibility index (Phi) is 3.98. The second-order valence-electron chi connectivity index (χ2n) is 5.14. The average molecular weight is 244 g/mol. The minimum Gasteiger partial charge on any atom is -0.444 e. The molecule has 1 heterocycles. The first-order valence-electron chi connectivity index (χ1n) is 5.56. The molecule has 17 heavy (non-hydrogen) atoms. The molecule has 0 aromatic rings. The van der Waals surface area contributed by atoms with Crippen molar-refractivity contribution >= 4 is 12.0 Å². The molecule has 1 saturated heterocycles. The largest absolute Gasteiger partial charge is 0.444 e. The number of methoxy groups -OCH3 is 1. The van der Waals surface area contributed by atoms with E-state index in [1.54, 1.807) is 27.9 Å². The normalized spacial score (nSPS) is 24.8. The van der Waals surface area contributed by atoms with Gasteiger partial charge in [-0.2, -0.15) is 0 Å². The number of primary amides is 1. The van der Waals surface area contributed by atoms with E-state index in [9.17, 15) is 9.59 Å². The number of hydrogen-bond donors (Lipinski definition) is 1. The van der Waals surface area contributed by atoms with Crippen LogP contribution in [0.4, 0.5) is 4.79 Å². The average Bonchev–Trinajstić information content (AvgIpc) is 2.58. The quantitative estimate of drug-likeness (QED) is 0.766. The first kappa shape index (κ1) is 13.8. The highest BCUT2D eigenvalue weighted by atomic mass is 16.6. The number of ether oxygens (including phenoxy) is 2. The number of nitrogens with two attached hydrogens (primary N) is 1. The van der Waals surface area contributed by atoms with Crippen LogP contribution in [0.15, 0.2) is 0 Å². The number of carbonyl (C=O) groups excluding carboxylic acids is 2. The number of carbonyl (C=O) groups is 2. The third-order valence-electron chi connectivity index (χ3n) is 2.55. The highest BCUT2D eigenvalue weighted by Crippen LogP contribution is 2.22. The van der Waals surface area contributed by atoms with Gasteiger partial charge in [0, 0.05) is 13.5 Å². The van der Waals surface area contributed by atoms with Crippen molar-refractivity contribution in [3.63, 3.8) is 0 Å². The number of amides is 2. The second-order valence-corrected chi connectivity index (χ2v) is 5.14. The molecule has 2 atom stereocenters. The van der Waals surface area contributed by atoms with Crippen LogP contribution in [0.3, 0.4) is 0 Å². The number of likely N-dealkylation sites (tertiary alicyclic amines) is 1. The summed E-state index contributed by atoms with van der Waals surface area (Å²) in [7, 11) is 1.54. The third kappa shape index (κ3) is 3.59. The van der Waals surface area contributed by atoms with Crippen molar-refractivity contribution < 1.29 is 19.1 Å². The monoisotopic (exact) mass is 244 g/mol. The summed E-state index contributed by atoms with van der Waals surface area (Å²) in [5.41, 5.74) is 4.67. The number of hydrogen-bond acceptors (Lipinski definition) is 4. The molecule has 1 unspecified atom stereocenters. The fraction of sp³-hybridized carbons (Fsp3) is 0.818. The fourth-order valence-electron chi connectivity index (χ4n) is 1.76. The molecular formula is C11H20N2O4. The van der Waals surface area contributed by atoms with E-state index in [0.717, 1.165) is 0 Å².